The van der Waals surface area contributed by atoms with Crippen molar-refractivity contribution in [2.75, 3.05) is 20.2 Å². The Morgan fingerprint density at radius 3 is 2.64 bits per heavy atom. The van der Waals surface area contributed by atoms with Crippen molar-refractivity contribution in [3.63, 3.8) is 0 Å². The first kappa shape index (κ1) is 17.4. The van der Waals surface area contributed by atoms with Crippen molar-refractivity contribution < 1.29 is 9.53 Å². The first-order chi connectivity index (χ1) is 12.3. The predicted molar refractivity (Wildman–Crippen MR) is 101 cm³/mol. The summed E-state index contributed by atoms with van der Waals surface area (Å²) >= 11 is 0. The van der Waals surface area contributed by atoms with Gasteiger partial charge in [0, 0.05) is 18.7 Å². The SMILES string of the molecule is COC(=O)C=Cc1ccc(C2CCCN2CCc2ccccc2)cc1. The Morgan fingerprint density at radius 1 is 1.16 bits per heavy atom. The summed E-state index contributed by atoms with van der Waals surface area (Å²) in [6.07, 6.45) is 6.81. The molecule has 2 aromatic carbocycles. The Morgan fingerprint density at radius 2 is 1.92 bits per heavy atom. The highest BCUT2D eigenvalue weighted by atomic mass is 16.5. The summed E-state index contributed by atoms with van der Waals surface area (Å²) in [6, 6.07) is 19.7. The van der Waals surface area contributed by atoms with Crippen molar-refractivity contribution in [2.45, 2.75) is 25.3 Å². The minimum absolute atomic E-state index is 0.327. The molecular formula is C22H25NO2. The highest BCUT2D eigenvalue weighted by Crippen LogP contribution is 2.32. The smallest absolute Gasteiger partial charge is 0.330 e. The van der Waals surface area contributed by atoms with Crippen molar-refractivity contribution >= 4 is 12.0 Å². The maximum atomic E-state index is 11.2. The maximum Gasteiger partial charge on any atom is 0.330 e. The van der Waals surface area contributed by atoms with E-state index in [1.165, 1.54) is 43.7 Å². The van der Waals surface area contributed by atoms with E-state index in [2.05, 4.69) is 64.2 Å². The summed E-state index contributed by atoms with van der Waals surface area (Å²) in [6.45, 7) is 2.26. The molecule has 3 heteroatoms. The number of methoxy groups -OCH3 is 1. The summed E-state index contributed by atoms with van der Waals surface area (Å²) in [4.78, 5) is 13.8. The molecule has 1 aliphatic rings. The van der Waals surface area contributed by atoms with Crippen molar-refractivity contribution in [3.05, 3.63) is 77.4 Å². The summed E-state index contributed by atoms with van der Waals surface area (Å²) in [5.74, 6) is -0.327. The van der Waals surface area contributed by atoms with Crippen LogP contribution in [0.15, 0.2) is 60.7 Å². The lowest BCUT2D eigenvalue weighted by Gasteiger charge is -2.25. The normalized spacial score (nSPS) is 17.9. The number of benzene rings is 2. The lowest BCUT2D eigenvalue weighted by molar-refractivity contribution is -0.134. The molecular weight excluding hydrogens is 310 g/mol. The van der Waals surface area contributed by atoms with E-state index in [1.54, 1.807) is 6.08 Å². The molecule has 0 aromatic heterocycles. The van der Waals surface area contributed by atoms with Gasteiger partial charge in [-0.05, 0) is 48.6 Å². The molecule has 0 spiro atoms. The second-order valence-electron chi connectivity index (χ2n) is 6.45. The largest absolute Gasteiger partial charge is 0.466 e. The number of carbonyl (C=O) groups excluding carboxylic acids is 1. The molecule has 2 aromatic rings. The Bertz CT molecular complexity index is 707. The minimum atomic E-state index is -0.327. The second kappa shape index (κ2) is 8.63. The molecule has 3 nitrogen and oxygen atoms in total. The third-order valence-electron chi connectivity index (χ3n) is 4.83. The molecule has 0 bridgehead atoms. The van der Waals surface area contributed by atoms with Crippen LogP contribution in [0.25, 0.3) is 6.08 Å². The molecule has 3 rings (SSSR count). The molecule has 0 saturated carbocycles. The number of hydrogen-bond acceptors (Lipinski definition) is 3. The fourth-order valence-electron chi connectivity index (χ4n) is 3.45. The summed E-state index contributed by atoms with van der Waals surface area (Å²) in [5.41, 5.74) is 3.78. The number of esters is 1. The van der Waals surface area contributed by atoms with Crippen molar-refractivity contribution in [1.82, 2.24) is 4.90 Å². The summed E-state index contributed by atoms with van der Waals surface area (Å²) < 4.78 is 4.62. The quantitative estimate of drug-likeness (QED) is 0.584. The van der Waals surface area contributed by atoms with E-state index < -0.39 is 0 Å². The number of likely N-dealkylation sites (tertiary alicyclic amines) is 1. The van der Waals surface area contributed by atoms with Gasteiger partial charge in [-0.25, -0.2) is 4.79 Å². The molecule has 0 radical (unpaired) electrons. The Balaban J connectivity index is 1.61. The van der Waals surface area contributed by atoms with E-state index in [-0.39, 0.29) is 5.97 Å². The zero-order valence-electron chi connectivity index (χ0n) is 14.7. The van der Waals surface area contributed by atoms with Crippen LogP contribution in [0.1, 0.15) is 35.6 Å². The molecule has 0 aliphatic carbocycles. The zero-order chi connectivity index (χ0) is 17.5. The molecule has 1 saturated heterocycles. The standard InChI is InChI=1S/C22H25NO2/c1-25-22(24)14-11-19-9-12-20(13-10-19)21-8-5-16-23(21)17-15-18-6-3-2-4-7-18/h2-4,6-7,9-14,21H,5,8,15-17H2,1H3. The van der Waals surface area contributed by atoms with Gasteiger partial charge in [0.2, 0.25) is 0 Å². The van der Waals surface area contributed by atoms with Crippen molar-refractivity contribution in [1.29, 1.82) is 0 Å². The van der Waals surface area contributed by atoms with Gasteiger partial charge in [-0.15, -0.1) is 0 Å². The lowest BCUT2D eigenvalue weighted by Crippen LogP contribution is -2.25. The number of nitrogens with zero attached hydrogens (tertiary/aromatic N) is 1. The van der Waals surface area contributed by atoms with Crippen LogP contribution >= 0.6 is 0 Å². The van der Waals surface area contributed by atoms with Gasteiger partial charge in [-0.3, -0.25) is 4.90 Å². The van der Waals surface area contributed by atoms with Gasteiger partial charge in [-0.2, -0.15) is 0 Å². The Kier molecular flexibility index (Phi) is 6.02. The summed E-state index contributed by atoms with van der Waals surface area (Å²) in [5, 5.41) is 0. The molecule has 1 heterocycles. The maximum absolute atomic E-state index is 11.2. The molecule has 0 amide bonds. The molecule has 1 atom stereocenters. The molecule has 1 fully saturated rings. The van der Waals surface area contributed by atoms with Gasteiger partial charge < -0.3 is 4.74 Å². The van der Waals surface area contributed by atoms with Crippen LogP contribution in [0.5, 0.6) is 0 Å². The van der Waals surface area contributed by atoms with Gasteiger partial charge in [0.15, 0.2) is 0 Å². The molecule has 130 valence electrons. The first-order valence-corrected chi connectivity index (χ1v) is 8.90. The third kappa shape index (κ3) is 4.80. The van der Waals surface area contributed by atoms with E-state index >= 15 is 0 Å². The molecule has 1 unspecified atom stereocenters. The van der Waals surface area contributed by atoms with E-state index in [0.717, 1.165) is 18.5 Å². The van der Waals surface area contributed by atoms with Gasteiger partial charge in [-0.1, -0.05) is 54.6 Å². The zero-order valence-corrected chi connectivity index (χ0v) is 14.7. The van der Waals surface area contributed by atoms with Crippen LogP contribution < -0.4 is 0 Å². The fraction of sp³-hybridized carbons (Fsp3) is 0.318. The van der Waals surface area contributed by atoms with E-state index in [4.69, 9.17) is 0 Å². The van der Waals surface area contributed by atoms with Gasteiger partial charge in [0.05, 0.1) is 7.11 Å². The van der Waals surface area contributed by atoms with Crippen molar-refractivity contribution in [3.8, 4) is 0 Å². The topological polar surface area (TPSA) is 29.5 Å². The molecule has 1 aliphatic heterocycles. The van der Waals surface area contributed by atoms with E-state index in [0.29, 0.717) is 6.04 Å². The van der Waals surface area contributed by atoms with E-state index in [9.17, 15) is 4.79 Å². The van der Waals surface area contributed by atoms with Crippen LogP contribution in [0.4, 0.5) is 0 Å². The first-order valence-electron chi connectivity index (χ1n) is 8.90. The highest BCUT2D eigenvalue weighted by Gasteiger charge is 2.25. The predicted octanol–water partition coefficient (Wildman–Crippen LogP) is 4.25. The lowest BCUT2D eigenvalue weighted by atomic mass is 10.0. The Labute approximate surface area is 149 Å². The van der Waals surface area contributed by atoms with Gasteiger partial charge >= 0.3 is 5.97 Å². The number of ether oxygens (including phenoxy) is 1. The van der Waals surface area contributed by atoms with Gasteiger partial charge in [0.25, 0.3) is 0 Å². The van der Waals surface area contributed by atoms with Crippen LogP contribution in [0.3, 0.4) is 0 Å². The van der Waals surface area contributed by atoms with Crippen LogP contribution in [-0.2, 0) is 16.0 Å². The molecule has 0 N–H and O–H groups in total. The fourth-order valence-corrected chi connectivity index (χ4v) is 3.45. The highest BCUT2D eigenvalue weighted by molar-refractivity contribution is 5.86. The monoisotopic (exact) mass is 335 g/mol. The summed E-state index contributed by atoms with van der Waals surface area (Å²) in [7, 11) is 1.39. The average molecular weight is 335 g/mol. The Hall–Kier alpha value is -2.39. The third-order valence-corrected chi connectivity index (χ3v) is 4.83. The van der Waals surface area contributed by atoms with Crippen LogP contribution in [0, 0.1) is 0 Å². The number of rotatable bonds is 6. The van der Waals surface area contributed by atoms with Crippen molar-refractivity contribution in [2.24, 2.45) is 0 Å². The second-order valence-corrected chi connectivity index (χ2v) is 6.45. The molecule has 25 heavy (non-hydrogen) atoms. The number of hydrogen-bond donors (Lipinski definition) is 0. The van der Waals surface area contributed by atoms with Crippen LogP contribution in [-0.4, -0.2) is 31.1 Å². The minimum Gasteiger partial charge on any atom is -0.466 e. The van der Waals surface area contributed by atoms with Gasteiger partial charge in [0.1, 0.15) is 0 Å². The van der Waals surface area contributed by atoms with E-state index in [1.807, 2.05) is 0 Å². The average Bonchev–Trinajstić information content (AvgIpc) is 3.14. The van der Waals surface area contributed by atoms with Crippen LogP contribution in [0.2, 0.25) is 0 Å². The number of carbonyl (C=O) groups is 1.